The highest BCUT2D eigenvalue weighted by atomic mass is 16.6. The minimum absolute atomic E-state index is 0.144. The first-order chi connectivity index (χ1) is 33.0. The van der Waals surface area contributed by atoms with Gasteiger partial charge in [-0.2, -0.15) is 0 Å². The maximum Gasteiger partial charge on any atom is 0.306 e. The van der Waals surface area contributed by atoms with Crippen molar-refractivity contribution >= 4 is 17.9 Å². The van der Waals surface area contributed by atoms with E-state index in [0.29, 0.717) is 19.3 Å². The first-order valence-corrected chi connectivity index (χ1v) is 26.4. The fourth-order valence-electron chi connectivity index (χ4n) is 6.47. The third-order valence-corrected chi connectivity index (χ3v) is 10.4. The van der Waals surface area contributed by atoms with Gasteiger partial charge in [-0.05, 0) is 109 Å². The minimum atomic E-state index is -0.851. The van der Waals surface area contributed by atoms with Crippen LogP contribution >= 0.6 is 0 Å². The third-order valence-electron chi connectivity index (χ3n) is 10.4. The molecule has 374 valence electrons. The van der Waals surface area contributed by atoms with Crippen molar-refractivity contribution in [3.63, 3.8) is 0 Å². The van der Waals surface area contributed by atoms with Crippen molar-refractivity contribution < 1.29 is 28.6 Å². The number of carbonyl (C=O) groups is 3. The van der Waals surface area contributed by atoms with Crippen molar-refractivity contribution in [1.29, 1.82) is 0 Å². The lowest BCUT2D eigenvalue weighted by molar-refractivity contribution is -0.167. The maximum absolute atomic E-state index is 12.8. The standard InChI is InChI=1S/C61H94O6/c1-4-7-10-13-16-19-22-25-28-30-33-36-39-42-45-48-51-54-60(63)66-57-58(56-65-59(62)53-50-47-44-41-38-35-32-27-24-21-18-15-12-9-6-3)67-61(64)55-52-49-46-43-40-37-34-31-29-26-23-20-17-14-11-8-5-2/h9,12,15-16,18-19,21,24-29,32-38,42-43,45-46,58H,4-8,10-11,13-14,17,20,22-23,30-31,39-41,44,47-57H2,1-3H3/b12-9-,18-15-,19-16-,24-21-,28-25-,29-26-,32-27-,36-33-,37-34-,38-35-,45-42-,46-43-. The van der Waals surface area contributed by atoms with E-state index in [0.717, 1.165) is 70.6 Å². The van der Waals surface area contributed by atoms with Crippen LogP contribution in [0.3, 0.4) is 0 Å². The summed E-state index contributed by atoms with van der Waals surface area (Å²) in [5.74, 6) is -1.10. The van der Waals surface area contributed by atoms with E-state index in [1.165, 1.54) is 70.6 Å². The van der Waals surface area contributed by atoms with Crippen LogP contribution in [0.5, 0.6) is 0 Å². The molecule has 0 aliphatic rings. The van der Waals surface area contributed by atoms with E-state index in [1.54, 1.807) is 0 Å². The molecule has 1 atom stereocenters. The van der Waals surface area contributed by atoms with E-state index >= 15 is 0 Å². The summed E-state index contributed by atoms with van der Waals surface area (Å²) in [7, 11) is 0. The molecule has 0 amide bonds. The number of hydrogen-bond donors (Lipinski definition) is 0. The second kappa shape index (κ2) is 53.9. The van der Waals surface area contributed by atoms with Crippen molar-refractivity contribution in [2.24, 2.45) is 0 Å². The molecule has 6 heteroatoms. The van der Waals surface area contributed by atoms with E-state index in [4.69, 9.17) is 14.2 Å². The summed E-state index contributed by atoms with van der Waals surface area (Å²) in [6, 6.07) is 0. The SMILES string of the molecule is CC\C=C/C=C\C=C/C=C\C=C/CCCCCC(=O)OCC(COC(=O)CCC/C=C\C/C=C\C/C=C\C/C=C\CCCCC)OC(=O)CCC/C=C\C/C=C\C/C=C\CCCCCCCC. The molecule has 0 heterocycles. The van der Waals surface area contributed by atoms with Gasteiger partial charge >= 0.3 is 17.9 Å². The molecule has 6 nitrogen and oxygen atoms in total. The van der Waals surface area contributed by atoms with Crippen LogP contribution in [-0.4, -0.2) is 37.2 Å². The van der Waals surface area contributed by atoms with Crippen LogP contribution < -0.4 is 0 Å². The van der Waals surface area contributed by atoms with Gasteiger partial charge in [0.15, 0.2) is 6.10 Å². The summed E-state index contributed by atoms with van der Waals surface area (Å²) < 4.78 is 16.7. The smallest absolute Gasteiger partial charge is 0.306 e. The fourth-order valence-corrected chi connectivity index (χ4v) is 6.47. The third kappa shape index (κ3) is 52.1. The topological polar surface area (TPSA) is 78.9 Å². The Morgan fingerprint density at radius 2 is 0.657 bits per heavy atom. The zero-order valence-corrected chi connectivity index (χ0v) is 42.6. The van der Waals surface area contributed by atoms with Crippen LogP contribution in [0.2, 0.25) is 0 Å². The molecule has 0 N–H and O–H groups in total. The molecular weight excluding hydrogens is 829 g/mol. The lowest BCUT2D eigenvalue weighted by Gasteiger charge is -2.18. The van der Waals surface area contributed by atoms with Crippen LogP contribution in [0.25, 0.3) is 0 Å². The first kappa shape index (κ1) is 62.3. The van der Waals surface area contributed by atoms with Crippen molar-refractivity contribution in [3.8, 4) is 0 Å². The minimum Gasteiger partial charge on any atom is -0.462 e. The van der Waals surface area contributed by atoms with Gasteiger partial charge in [0.25, 0.3) is 0 Å². The van der Waals surface area contributed by atoms with Gasteiger partial charge in [0, 0.05) is 19.3 Å². The largest absolute Gasteiger partial charge is 0.462 e. The van der Waals surface area contributed by atoms with Crippen LogP contribution in [0.1, 0.15) is 201 Å². The van der Waals surface area contributed by atoms with Crippen molar-refractivity contribution in [2.75, 3.05) is 13.2 Å². The maximum atomic E-state index is 12.8. The molecule has 0 bridgehead atoms. The van der Waals surface area contributed by atoms with Crippen molar-refractivity contribution in [2.45, 2.75) is 207 Å². The summed E-state index contributed by atoms with van der Waals surface area (Å²) in [5.41, 5.74) is 0. The Kier molecular flexibility index (Phi) is 50.1. The second-order valence-electron chi connectivity index (χ2n) is 16.8. The second-order valence-corrected chi connectivity index (χ2v) is 16.8. The summed E-state index contributed by atoms with van der Waals surface area (Å²) in [5, 5.41) is 0. The van der Waals surface area contributed by atoms with Gasteiger partial charge < -0.3 is 14.2 Å². The molecule has 0 rings (SSSR count). The van der Waals surface area contributed by atoms with Crippen LogP contribution in [0.15, 0.2) is 146 Å². The number of rotatable bonds is 45. The summed E-state index contributed by atoms with van der Waals surface area (Å²) in [4.78, 5) is 38.0. The molecule has 0 aromatic carbocycles. The van der Waals surface area contributed by atoms with Gasteiger partial charge in [0.05, 0.1) is 0 Å². The molecule has 0 aliphatic heterocycles. The molecule has 0 aliphatic carbocycles. The summed E-state index contributed by atoms with van der Waals surface area (Å²) >= 11 is 0. The molecule has 0 fully saturated rings. The summed E-state index contributed by atoms with van der Waals surface area (Å²) in [6.45, 7) is 6.31. The zero-order chi connectivity index (χ0) is 48.6. The number of allylic oxidation sites excluding steroid dienone is 24. The number of ether oxygens (including phenoxy) is 3. The normalized spacial score (nSPS) is 13.3. The Balaban J connectivity index is 4.66. The number of carbonyl (C=O) groups excluding carboxylic acids is 3. The summed E-state index contributed by atoms with van der Waals surface area (Å²) in [6.07, 6.45) is 77.0. The Bertz CT molecular complexity index is 1530. The molecule has 0 aromatic heterocycles. The van der Waals surface area contributed by atoms with Gasteiger partial charge in [-0.1, -0.05) is 218 Å². The average Bonchev–Trinajstić information content (AvgIpc) is 3.33. The number of hydrogen-bond acceptors (Lipinski definition) is 6. The van der Waals surface area contributed by atoms with Gasteiger partial charge in [-0.3, -0.25) is 14.4 Å². The van der Waals surface area contributed by atoms with Crippen molar-refractivity contribution in [3.05, 3.63) is 146 Å². The molecule has 1 unspecified atom stereocenters. The van der Waals surface area contributed by atoms with Crippen molar-refractivity contribution in [1.82, 2.24) is 0 Å². The Labute approximate surface area is 410 Å². The van der Waals surface area contributed by atoms with Crippen LogP contribution in [0.4, 0.5) is 0 Å². The number of esters is 3. The van der Waals surface area contributed by atoms with Gasteiger partial charge in [-0.15, -0.1) is 0 Å². The Hall–Kier alpha value is -4.71. The van der Waals surface area contributed by atoms with E-state index in [1.807, 2.05) is 48.6 Å². The molecule has 0 saturated carbocycles. The monoisotopic (exact) mass is 923 g/mol. The van der Waals surface area contributed by atoms with Gasteiger partial charge in [0.2, 0.25) is 0 Å². The molecule has 0 radical (unpaired) electrons. The average molecular weight is 923 g/mol. The lowest BCUT2D eigenvalue weighted by Crippen LogP contribution is -2.30. The quantitative estimate of drug-likeness (QED) is 0.0199. The van der Waals surface area contributed by atoms with Crippen LogP contribution in [-0.2, 0) is 28.6 Å². The predicted octanol–water partition coefficient (Wildman–Crippen LogP) is 17.6. The first-order valence-electron chi connectivity index (χ1n) is 26.4. The van der Waals surface area contributed by atoms with Gasteiger partial charge in [-0.25, -0.2) is 0 Å². The molecule has 0 spiro atoms. The van der Waals surface area contributed by atoms with E-state index in [2.05, 4.69) is 118 Å². The predicted molar refractivity (Wildman–Crippen MR) is 288 cm³/mol. The van der Waals surface area contributed by atoms with Gasteiger partial charge in [0.1, 0.15) is 13.2 Å². The number of unbranched alkanes of at least 4 members (excludes halogenated alkanes) is 14. The highest BCUT2D eigenvalue weighted by Crippen LogP contribution is 2.10. The van der Waals surface area contributed by atoms with E-state index < -0.39 is 12.1 Å². The highest BCUT2D eigenvalue weighted by Gasteiger charge is 2.19. The Morgan fingerprint density at radius 3 is 1.13 bits per heavy atom. The van der Waals surface area contributed by atoms with Crippen LogP contribution in [0, 0.1) is 0 Å². The lowest BCUT2D eigenvalue weighted by atomic mass is 10.1. The fraction of sp³-hybridized carbons (Fsp3) is 0.557. The molecule has 67 heavy (non-hydrogen) atoms. The molecular formula is C61H94O6. The Morgan fingerprint density at radius 1 is 0.328 bits per heavy atom. The molecule has 0 saturated heterocycles. The van der Waals surface area contributed by atoms with E-state index in [9.17, 15) is 14.4 Å². The molecule has 0 aromatic rings. The zero-order valence-electron chi connectivity index (χ0n) is 42.6. The van der Waals surface area contributed by atoms with E-state index in [-0.39, 0.29) is 44.4 Å². The highest BCUT2D eigenvalue weighted by molar-refractivity contribution is 5.71.